The molecule has 1 aromatic rings. The number of carbonyl (C=O) groups is 1. The van der Waals surface area contributed by atoms with Crippen LogP contribution in [-0.4, -0.2) is 22.1 Å². The van der Waals surface area contributed by atoms with Gasteiger partial charge in [-0.15, -0.1) is 0 Å². The van der Waals surface area contributed by atoms with E-state index in [9.17, 15) is 18.0 Å². The maximum atomic E-state index is 12.5. The molecule has 0 bridgehead atoms. The van der Waals surface area contributed by atoms with E-state index >= 15 is 0 Å². The zero-order valence-electron chi connectivity index (χ0n) is 10.4. The first-order valence-corrected chi connectivity index (χ1v) is 5.88. The molecule has 0 fully saturated rings. The number of carboxylic acid groups (broad SMARTS) is 1. The first kappa shape index (κ1) is 15.3. The minimum Gasteiger partial charge on any atom is -0.480 e. The number of hydrogen-bond acceptors (Lipinski definition) is 3. The lowest BCUT2D eigenvalue weighted by Gasteiger charge is -2.15. The minimum atomic E-state index is -4.54. The van der Waals surface area contributed by atoms with Gasteiger partial charge in [-0.2, -0.15) is 13.2 Å². The lowest BCUT2D eigenvalue weighted by molar-refractivity contribution is -0.141. The molecule has 1 heterocycles. The largest absolute Gasteiger partial charge is 0.480 e. The lowest BCUT2D eigenvalue weighted by Crippen LogP contribution is -2.29. The number of pyridine rings is 1. The van der Waals surface area contributed by atoms with Gasteiger partial charge in [-0.25, -0.2) is 9.78 Å². The van der Waals surface area contributed by atoms with Crippen molar-refractivity contribution >= 4 is 11.8 Å². The van der Waals surface area contributed by atoms with Crippen molar-refractivity contribution in [3.8, 4) is 0 Å². The van der Waals surface area contributed by atoms with E-state index in [1.165, 1.54) is 12.1 Å². The summed E-state index contributed by atoms with van der Waals surface area (Å²) >= 11 is 0. The van der Waals surface area contributed by atoms with Gasteiger partial charge in [0.25, 0.3) is 0 Å². The monoisotopic (exact) mass is 276 g/mol. The number of alkyl halides is 3. The van der Waals surface area contributed by atoms with Crippen molar-refractivity contribution in [2.45, 2.75) is 38.4 Å². The van der Waals surface area contributed by atoms with Gasteiger partial charge in [-0.1, -0.05) is 25.8 Å². The van der Waals surface area contributed by atoms with E-state index in [2.05, 4.69) is 10.3 Å². The Morgan fingerprint density at radius 3 is 2.68 bits per heavy atom. The van der Waals surface area contributed by atoms with Crippen LogP contribution >= 0.6 is 0 Å². The summed E-state index contributed by atoms with van der Waals surface area (Å²) in [7, 11) is 0. The molecular weight excluding hydrogens is 261 g/mol. The number of aliphatic carboxylic acids is 1. The standard InChI is InChI=1S/C12H15F3N2O2/c1-2-3-5-8(11(18)19)16-10-7-4-6-9(17-10)12(13,14)15/h4,6-8H,2-3,5H2,1H3,(H,16,17)(H,18,19)/t8-/m0/s1. The summed E-state index contributed by atoms with van der Waals surface area (Å²) in [6.45, 7) is 1.90. The van der Waals surface area contributed by atoms with Gasteiger partial charge in [0.1, 0.15) is 17.6 Å². The number of nitrogens with one attached hydrogen (secondary N) is 1. The van der Waals surface area contributed by atoms with E-state index in [0.717, 1.165) is 12.5 Å². The topological polar surface area (TPSA) is 62.2 Å². The summed E-state index contributed by atoms with van der Waals surface area (Å²) in [5.74, 6) is -1.19. The Morgan fingerprint density at radius 2 is 2.16 bits per heavy atom. The predicted octanol–water partition coefficient (Wildman–Crippen LogP) is 3.16. The summed E-state index contributed by atoms with van der Waals surface area (Å²) < 4.78 is 37.4. The van der Waals surface area contributed by atoms with Crippen molar-refractivity contribution in [3.63, 3.8) is 0 Å². The Balaban J connectivity index is 2.82. The van der Waals surface area contributed by atoms with Crippen LogP contribution < -0.4 is 5.32 Å². The number of hydrogen-bond donors (Lipinski definition) is 2. The second kappa shape index (κ2) is 6.40. The molecule has 0 amide bonds. The fraction of sp³-hybridized carbons (Fsp3) is 0.500. The van der Waals surface area contributed by atoms with E-state index in [1.807, 2.05) is 6.92 Å². The zero-order chi connectivity index (χ0) is 14.5. The molecule has 7 heteroatoms. The molecule has 0 saturated carbocycles. The zero-order valence-corrected chi connectivity index (χ0v) is 10.4. The molecule has 19 heavy (non-hydrogen) atoms. The number of carboxylic acids is 1. The molecular formula is C12H15F3N2O2. The van der Waals surface area contributed by atoms with Crippen LogP contribution in [-0.2, 0) is 11.0 Å². The molecule has 0 spiro atoms. The molecule has 0 aliphatic heterocycles. The number of halogens is 3. The summed E-state index contributed by atoms with van der Waals surface area (Å²) in [6, 6.07) is 2.41. The average molecular weight is 276 g/mol. The van der Waals surface area contributed by atoms with Crippen molar-refractivity contribution in [1.82, 2.24) is 4.98 Å². The molecule has 1 rings (SSSR count). The minimum absolute atomic E-state index is 0.0849. The third-order valence-electron chi connectivity index (χ3n) is 2.51. The third kappa shape index (κ3) is 4.76. The van der Waals surface area contributed by atoms with Crippen LogP contribution in [0.25, 0.3) is 0 Å². The predicted molar refractivity (Wildman–Crippen MR) is 63.8 cm³/mol. The second-order valence-electron chi connectivity index (χ2n) is 4.08. The maximum absolute atomic E-state index is 12.5. The first-order valence-electron chi connectivity index (χ1n) is 5.88. The Bertz CT molecular complexity index is 435. The van der Waals surface area contributed by atoms with Crippen molar-refractivity contribution in [3.05, 3.63) is 23.9 Å². The van der Waals surface area contributed by atoms with E-state index in [4.69, 9.17) is 5.11 Å². The van der Waals surface area contributed by atoms with E-state index in [1.54, 1.807) is 0 Å². The fourth-order valence-electron chi connectivity index (χ4n) is 1.52. The van der Waals surface area contributed by atoms with Gasteiger partial charge >= 0.3 is 12.1 Å². The highest BCUT2D eigenvalue weighted by atomic mass is 19.4. The highest BCUT2D eigenvalue weighted by Crippen LogP contribution is 2.28. The first-order chi connectivity index (χ1) is 8.84. The molecule has 0 aliphatic carbocycles. The van der Waals surface area contributed by atoms with E-state index in [0.29, 0.717) is 12.8 Å². The van der Waals surface area contributed by atoms with Crippen molar-refractivity contribution in [2.24, 2.45) is 0 Å². The molecule has 106 valence electrons. The summed E-state index contributed by atoms with van der Waals surface area (Å²) in [5.41, 5.74) is -1.04. The molecule has 0 aliphatic rings. The smallest absolute Gasteiger partial charge is 0.433 e. The molecule has 2 N–H and O–H groups in total. The fourth-order valence-corrected chi connectivity index (χ4v) is 1.52. The highest BCUT2D eigenvalue weighted by molar-refractivity contribution is 5.76. The molecule has 0 aromatic carbocycles. The molecule has 1 aromatic heterocycles. The number of anilines is 1. The van der Waals surface area contributed by atoms with E-state index < -0.39 is 23.9 Å². The normalized spacial score (nSPS) is 13.1. The van der Waals surface area contributed by atoms with Gasteiger partial charge in [-0.05, 0) is 18.6 Å². The van der Waals surface area contributed by atoms with Gasteiger partial charge in [0.05, 0.1) is 0 Å². The quantitative estimate of drug-likeness (QED) is 0.837. The molecule has 0 saturated heterocycles. The second-order valence-corrected chi connectivity index (χ2v) is 4.08. The van der Waals surface area contributed by atoms with Crippen molar-refractivity contribution < 1.29 is 23.1 Å². The summed E-state index contributed by atoms with van der Waals surface area (Å²) in [5, 5.41) is 11.5. The summed E-state index contributed by atoms with van der Waals surface area (Å²) in [4.78, 5) is 14.4. The van der Waals surface area contributed by atoms with Crippen LogP contribution in [0.2, 0.25) is 0 Å². The number of aromatic nitrogens is 1. The molecule has 0 radical (unpaired) electrons. The number of unbranched alkanes of at least 4 members (excludes halogenated alkanes) is 1. The van der Waals surface area contributed by atoms with Gasteiger partial charge in [0.2, 0.25) is 0 Å². The van der Waals surface area contributed by atoms with Crippen LogP contribution in [0.1, 0.15) is 31.9 Å². The Hall–Kier alpha value is -1.79. The van der Waals surface area contributed by atoms with Crippen LogP contribution in [0, 0.1) is 0 Å². The van der Waals surface area contributed by atoms with Crippen molar-refractivity contribution in [1.29, 1.82) is 0 Å². The van der Waals surface area contributed by atoms with Crippen LogP contribution in [0.3, 0.4) is 0 Å². The van der Waals surface area contributed by atoms with Gasteiger partial charge in [0.15, 0.2) is 0 Å². The lowest BCUT2D eigenvalue weighted by atomic mass is 10.1. The van der Waals surface area contributed by atoms with Crippen LogP contribution in [0.4, 0.5) is 19.0 Å². The Kier molecular flexibility index (Phi) is 5.14. The van der Waals surface area contributed by atoms with Gasteiger partial charge in [0, 0.05) is 0 Å². The highest BCUT2D eigenvalue weighted by Gasteiger charge is 2.32. The molecule has 4 nitrogen and oxygen atoms in total. The summed E-state index contributed by atoms with van der Waals surface area (Å²) in [6.07, 6.45) is -2.73. The molecule has 0 unspecified atom stereocenters. The van der Waals surface area contributed by atoms with Crippen LogP contribution in [0.5, 0.6) is 0 Å². The maximum Gasteiger partial charge on any atom is 0.433 e. The van der Waals surface area contributed by atoms with E-state index in [-0.39, 0.29) is 5.82 Å². The van der Waals surface area contributed by atoms with Gasteiger partial charge in [-0.3, -0.25) is 0 Å². The Morgan fingerprint density at radius 1 is 1.47 bits per heavy atom. The van der Waals surface area contributed by atoms with Crippen molar-refractivity contribution in [2.75, 3.05) is 5.32 Å². The SMILES string of the molecule is CCCC[C@H](Nc1cccc(C(F)(F)F)n1)C(=O)O. The number of nitrogens with zero attached hydrogens (tertiary/aromatic N) is 1. The third-order valence-corrected chi connectivity index (χ3v) is 2.51. The van der Waals surface area contributed by atoms with Gasteiger partial charge < -0.3 is 10.4 Å². The number of rotatable bonds is 6. The Labute approximate surface area is 108 Å². The van der Waals surface area contributed by atoms with Crippen LogP contribution in [0.15, 0.2) is 18.2 Å². The average Bonchev–Trinajstić information content (AvgIpc) is 2.33. The molecule has 1 atom stereocenters.